The van der Waals surface area contributed by atoms with Crippen molar-refractivity contribution in [3.8, 4) is 0 Å². The Morgan fingerprint density at radius 1 is 1.00 bits per heavy atom. The molecule has 2 aromatic carbocycles. The number of nitrogens with zero attached hydrogens (tertiary/aromatic N) is 2. The van der Waals surface area contributed by atoms with E-state index in [1.807, 2.05) is 6.07 Å². The van der Waals surface area contributed by atoms with Crippen LogP contribution < -0.4 is 4.72 Å². The molecular weight excluding hydrogens is 478 g/mol. The monoisotopic (exact) mass is 499 g/mol. The van der Waals surface area contributed by atoms with Crippen molar-refractivity contribution >= 4 is 36.9 Å². The Morgan fingerprint density at radius 3 is 2.44 bits per heavy atom. The van der Waals surface area contributed by atoms with Gasteiger partial charge in [-0.05, 0) is 42.3 Å². The Bertz CT molecular complexity index is 1550. The summed E-state index contributed by atoms with van der Waals surface area (Å²) in [5.41, 5.74) is 0.809. The summed E-state index contributed by atoms with van der Waals surface area (Å²) in [6.45, 7) is 0.0481. The molecule has 0 aliphatic heterocycles. The molecule has 1 N–H and O–H groups in total. The van der Waals surface area contributed by atoms with Crippen LogP contribution in [0.15, 0.2) is 89.0 Å². The van der Waals surface area contributed by atoms with E-state index in [0.29, 0.717) is 6.42 Å². The minimum Gasteiger partial charge on any atom is -0.465 e. The fraction of sp³-hybridized carbons (Fsp3) is 0.130. The number of carbonyl (C=O) groups excluding carboxylic acids is 1. The van der Waals surface area contributed by atoms with Crippen LogP contribution in [0.4, 0.5) is 0 Å². The van der Waals surface area contributed by atoms with Crippen molar-refractivity contribution in [2.45, 2.75) is 16.2 Å². The van der Waals surface area contributed by atoms with Gasteiger partial charge in [0.2, 0.25) is 10.0 Å². The third-order valence-electron chi connectivity index (χ3n) is 5.18. The normalized spacial score (nSPS) is 12.0. The molecule has 0 radical (unpaired) electrons. The number of methoxy groups -OCH3 is 1. The standard InChI is InChI=1S/C23H21N3O6S2/c1-32-23(27)19-10-5-11-20-22(19)21(16-26(20)34(30,31)18-8-3-2-4-9-18)33(28,29)25-14-12-17-7-6-13-24-15-17/h2-11,13,15-16,25H,12,14H2,1H3. The van der Waals surface area contributed by atoms with E-state index in [-0.39, 0.29) is 32.8 Å². The highest BCUT2D eigenvalue weighted by atomic mass is 32.2. The van der Waals surface area contributed by atoms with Crippen molar-refractivity contribution in [2.75, 3.05) is 13.7 Å². The summed E-state index contributed by atoms with van der Waals surface area (Å²) in [5, 5.41) is -0.0391. The lowest BCUT2D eigenvalue weighted by Gasteiger charge is -2.08. The van der Waals surface area contributed by atoms with Gasteiger partial charge in [0.1, 0.15) is 4.90 Å². The molecule has 0 saturated heterocycles. The smallest absolute Gasteiger partial charge is 0.338 e. The number of hydrogen-bond donors (Lipinski definition) is 1. The van der Waals surface area contributed by atoms with E-state index in [1.165, 1.54) is 37.4 Å². The number of nitrogens with one attached hydrogen (secondary N) is 1. The van der Waals surface area contributed by atoms with Crippen LogP contribution >= 0.6 is 0 Å². The summed E-state index contributed by atoms with van der Waals surface area (Å²) >= 11 is 0. The van der Waals surface area contributed by atoms with Gasteiger partial charge in [0.05, 0.1) is 23.1 Å². The van der Waals surface area contributed by atoms with Crippen LogP contribution in [0, 0.1) is 0 Å². The van der Waals surface area contributed by atoms with Crippen molar-refractivity contribution in [3.63, 3.8) is 0 Å². The summed E-state index contributed by atoms with van der Waals surface area (Å²) in [4.78, 5) is 16.1. The molecule has 0 aliphatic rings. The Kier molecular flexibility index (Phi) is 6.51. The second-order valence-corrected chi connectivity index (χ2v) is 10.9. The van der Waals surface area contributed by atoms with Crippen molar-refractivity contribution < 1.29 is 26.4 Å². The SMILES string of the molecule is COC(=O)c1cccc2c1c(S(=O)(=O)NCCc1cccnc1)cn2S(=O)(=O)c1ccccc1. The lowest BCUT2D eigenvalue weighted by molar-refractivity contribution is 0.0603. The van der Waals surface area contributed by atoms with E-state index in [0.717, 1.165) is 15.7 Å². The molecule has 0 amide bonds. The quantitative estimate of drug-likeness (QED) is 0.370. The molecule has 2 heterocycles. The van der Waals surface area contributed by atoms with Crippen molar-refractivity contribution in [1.82, 2.24) is 13.7 Å². The van der Waals surface area contributed by atoms with E-state index < -0.39 is 26.0 Å². The molecule has 0 saturated carbocycles. The largest absolute Gasteiger partial charge is 0.465 e. The maximum Gasteiger partial charge on any atom is 0.338 e. The molecule has 176 valence electrons. The minimum absolute atomic E-state index is 0.0242. The van der Waals surface area contributed by atoms with Gasteiger partial charge in [-0.3, -0.25) is 4.98 Å². The second kappa shape index (κ2) is 9.37. The van der Waals surface area contributed by atoms with Crippen LogP contribution in [-0.2, 0) is 31.2 Å². The van der Waals surface area contributed by atoms with Crippen LogP contribution in [-0.4, -0.2) is 45.4 Å². The molecule has 0 unspecified atom stereocenters. The zero-order valence-electron chi connectivity index (χ0n) is 18.1. The molecule has 2 aromatic heterocycles. The highest BCUT2D eigenvalue weighted by Gasteiger charge is 2.29. The van der Waals surface area contributed by atoms with Gasteiger partial charge in [0, 0.05) is 30.5 Å². The second-order valence-electron chi connectivity index (χ2n) is 7.31. The third-order valence-corrected chi connectivity index (χ3v) is 8.34. The van der Waals surface area contributed by atoms with Crippen molar-refractivity contribution in [2.24, 2.45) is 0 Å². The van der Waals surface area contributed by atoms with Gasteiger partial charge in [0.15, 0.2) is 0 Å². The van der Waals surface area contributed by atoms with E-state index in [2.05, 4.69) is 9.71 Å². The zero-order chi connectivity index (χ0) is 24.3. The Balaban J connectivity index is 1.85. The summed E-state index contributed by atoms with van der Waals surface area (Å²) in [6, 6.07) is 15.5. The van der Waals surface area contributed by atoms with Gasteiger partial charge >= 0.3 is 5.97 Å². The first kappa shape index (κ1) is 23.6. The number of aromatic nitrogens is 2. The predicted octanol–water partition coefficient (Wildman–Crippen LogP) is 2.58. The predicted molar refractivity (Wildman–Crippen MR) is 125 cm³/mol. The van der Waals surface area contributed by atoms with E-state index >= 15 is 0 Å². The molecule has 4 aromatic rings. The van der Waals surface area contributed by atoms with Gasteiger partial charge in [-0.25, -0.2) is 30.3 Å². The van der Waals surface area contributed by atoms with Crippen molar-refractivity contribution in [3.05, 3.63) is 90.4 Å². The fourth-order valence-corrected chi connectivity index (χ4v) is 6.27. The molecule has 0 fully saturated rings. The lowest BCUT2D eigenvalue weighted by Crippen LogP contribution is -2.26. The average Bonchev–Trinajstić information content (AvgIpc) is 3.26. The molecule has 4 rings (SSSR count). The Labute approximate surface area is 197 Å². The average molecular weight is 500 g/mol. The highest BCUT2D eigenvalue weighted by Crippen LogP contribution is 2.32. The highest BCUT2D eigenvalue weighted by molar-refractivity contribution is 7.91. The minimum atomic E-state index is -4.21. The Morgan fingerprint density at radius 2 is 1.76 bits per heavy atom. The number of pyridine rings is 1. The lowest BCUT2D eigenvalue weighted by atomic mass is 10.1. The van der Waals surface area contributed by atoms with E-state index in [1.54, 1.807) is 36.7 Å². The summed E-state index contributed by atoms with van der Waals surface area (Å²) < 4.78 is 61.5. The number of hydrogen-bond acceptors (Lipinski definition) is 7. The Hall–Kier alpha value is -3.54. The topological polar surface area (TPSA) is 124 Å². The van der Waals surface area contributed by atoms with Gasteiger partial charge in [0.25, 0.3) is 10.0 Å². The number of ether oxygens (including phenoxy) is 1. The van der Waals surface area contributed by atoms with Gasteiger partial charge in [-0.2, -0.15) is 0 Å². The maximum atomic E-state index is 13.4. The number of esters is 1. The summed E-state index contributed by atoms with van der Waals surface area (Å²) in [7, 11) is -7.19. The zero-order valence-corrected chi connectivity index (χ0v) is 19.7. The van der Waals surface area contributed by atoms with Crippen LogP contribution in [0.5, 0.6) is 0 Å². The number of sulfonamides is 1. The summed E-state index contributed by atoms with van der Waals surface area (Å²) in [5.74, 6) is -0.785. The summed E-state index contributed by atoms with van der Waals surface area (Å²) in [6.07, 6.45) is 4.63. The number of carbonyl (C=O) groups is 1. The van der Waals surface area contributed by atoms with Gasteiger partial charge < -0.3 is 4.74 Å². The maximum absolute atomic E-state index is 13.4. The molecular formula is C23H21N3O6S2. The van der Waals surface area contributed by atoms with Crippen LogP contribution in [0.3, 0.4) is 0 Å². The molecule has 0 bridgehead atoms. The number of benzene rings is 2. The van der Waals surface area contributed by atoms with E-state index in [9.17, 15) is 21.6 Å². The molecule has 11 heteroatoms. The fourth-order valence-electron chi connectivity index (χ4n) is 3.57. The first-order valence-electron chi connectivity index (χ1n) is 10.2. The molecule has 34 heavy (non-hydrogen) atoms. The van der Waals surface area contributed by atoms with Gasteiger partial charge in [-0.15, -0.1) is 0 Å². The molecule has 0 aliphatic carbocycles. The van der Waals surface area contributed by atoms with Crippen LogP contribution in [0.1, 0.15) is 15.9 Å². The molecule has 0 atom stereocenters. The van der Waals surface area contributed by atoms with E-state index in [4.69, 9.17) is 4.74 Å². The number of rotatable bonds is 8. The molecule has 0 spiro atoms. The first-order valence-corrected chi connectivity index (χ1v) is 13.1. The van der Waals surface area contributed by atoms with Crippen LogP contribution in [0.2, 0.25) is 0 Å². The van der Waals surface area contributed by atoms with Crippen molar-refractivity contribution in [1.29, 1.82) is 0 Å². The molecule has 9 nitrogen and oxygen atoms in total. The van der Waals surface area contributed by atoms with Gasteiger partial charge in [-0.1, -0.05) is 30.3 Å². The van der Waals surface area contributed by atoms with Crippen LogP contribution in [0.25, 0.3) is 10.9 Å². The number of fused-ring (bicyclic) bond motifs is 1. The third kappa shape index (κ3) is 4.45. The first-order chi connectivity index (χ1) is 16.3.